The summed E-state index contributed by atoms with van der Waals surface area (Å²) in [7, 11) is -3.15. The van der Waals surface area contributed by atoms with Gasteiger partial charge in [0.1, 0.15) is 12.4 Å². The van der Waals surface area contributed by atoms with Crippen LogP contribution in [0.5, 0.6) is 5.75 Å². The number of aryl methyl sites for hydroxylation is 1. The van der Waals surface area contributed by atoms with Gasteiger partial charge in [-0.1, -0.05) is 12.5 Å². The van der Waals surface area contributed by atoms with Gasteiger partial charge in [0.2, 0.25) is 0 Å². The molecule has 1 aromatic carbocycles. The van der Waals surface area contributed by atoms with E-state index < -0.39 is 9.84 Å². The molecule has 1 aromatic heterocycles. The van der Waals surface area contributed by atoms with Crippen LogP contribution >= 0.6 is 11.3 Å². The minimum atomic E-state index is -3.15. The number of rotatable bonds is 6. The molecule has 2 aliphatic rings. The first kappa shape index (κ1) is 21.3. The van der Waals surface area contributed by atoms with Gasteiger partial charge >= 0.3 is 0 Å². The van der Waals surface area contributed by atoms with Crippen LogP contribution in [0.1, 0.15) is 40.3 Å². The summed E-state index contributed by atoms with van der Waals surface area (Å²) in [5.41, 5.74) is 1.32. The van der Waals surface area contributed by atoms with Gasteiger partial charge in [-0.05, 0) is 51.1 Å². The van der Waals surface area contributed by atoms with Crippen molar-refractivity contribution >= 4 is 27.1 Å². The fraction of sp³-hybridized carbons (Fsp3) is 0.524. The van der Waals surface area contributed by atoms with Crippen LogP contribution in [0.3, 0.4) is 0 Å². The fourth-order valence-electron chi connectivity index (χ4n) is 4.19. The highest BCUT2D eigenvalue weighted by atomic mass is 32.2. The molecule has 0 saturated carbocycles. The molecular formula is C21H27N3O4S2. The van der Waals surface area contributed by atoms with Crippen molar-refractivity contribution < 1.29 is 17.9 Å². The number of nitrogens with zero attached hydrogens (tertiary/aromatic N) is 2. The highest BCUT2D eigenvalue weighted by Gasteiger charge is 2.42. The van der Waals surface area contributed by atoms with E-state index >= 15 is 0 Å². The Balaban J connectivity index is 1.42. The van der Waals surface area contributed by atoms with Gasteiger partial charge < -0.3 is 10.1 Å². The first-order valence-corrected chi connectivity index (χ1v) is 13.0. The lowest BCUT2D eigenvalue weighted by atomic mass is 10.0. The van der Waals surface area contributed by atoms with Crippen molar-refractivity contribution in [2.75, 3.05) is 24.6 Å². The maximum Gasteiger partial charge on any atom is 0.251 e. The van der Waals surface area contributed by atoms with Gasteiger partial charge in [-0.2, -0.15) is 0 Å². The first-order chi connectivity index (χ1) is 14.4. The van der Waals surface area contributed by atoms with Crippen LogP contribution in [0.4, 0.5) is 0 Å². The normalized spacial score (nSPS) is 23.9. The molecule has 30 heavy (non-hydrogen) atoms. The number of piperidine rings is 1. The average molecular weight is 450 g/mol. The molecule has 0 bridgehead atoms. The lowest BCUT2D eigenvalue weighted by Crippen LogP contribution is -2.52. The predicted molar refractivity (Wildman–Crippen MR) is 117 cm³/mol. The molecule has 0 unspecified atom stereocenters. The van der Waals surface area contributed by atoms with Crippen molar-refractivity contribution in [2.45, 2.75) is 44.9 Å². The molecule has 1 amide bonds. The van der Waals surface area contributed by atoms with E-state index in [2.05, 4.69) is 15.2 Å². The largest absolute Gasteiger partial charge is 0.487 e. The minimum Gasteiger partial charge on any atom is -0.487 e. The quantitative estimate of drug-likeness (QED) is 0.729. The van der Waals surface area contributed by atoms with E-state index in [4.69, 9.17) is 4.74 Å². The van der Waals surface area contributed by atoms with Crippen LogP contribution in [0.15, 0.2) is 29.6 Å². The van der Waals surface area contributed by atoms with Crippen LogP contribution in [0.25, 0.3) is 0 Å². The van der Waals surface area contributed by atoms with E-state index in [0.29, 0.717) is 17.9 Å². The van der Waals surface area contributed by atoms with Crippen molar-refractivity contribution in [3.05, 3.63) is 45.9 Å². The molecule has 1 N–H and O–H groups in total. The van der Waals surface area contributed by atoms with Crippen molar-refractivity contribution in [1.82, 2.24) is 15.2 Å². The van der Waals surface area contributed by atoms with Gasteiger partial charge in [0.15, 0.2) is 9.84 Å². The lowest BCUT2D eigenvalue weighted by molar-refractivity contribution is 0.0899. The van der Waals surface area contributed by atoms with E-state index in [-0.39, 0.29) is 29.5 Å². The second kappa shape index (κ2) is 9.03. The number of aromatic nitrogens is 1. The van der Waals surface area contributed by atoms with Gasteiger partial charge in [-0.15, -0.1) is 11.3 Å². The Kier molecular flexibility index (Phi) is 6.40. The van der Waals surface area contributed by atoms with E-state index in [1.807, 2.05) is 12.3 Å². The SMILES string of the molecule is Cc1nc(COc2cccc(C(=O)N[C@@H]3CS(=O)(=O)C[C@H]3N3CCCCC3)c2)cs1. The molecule has 0 radical (unpaired) electrons. The number of hydrogen-bond acceptors (Lipinski definition) is 7. The van der Waals surface area contributed by atoms with Gasteiger partial charge in [0.25, 0.3) is 5.91 Å². The Morgan fingerprint density at radius 1 is 1.27 bits per heavy atom. The summed E-state index contributed by atoms with van der Waals surface area (Å²) in [4.78, 5) is 19.5. The number of likely N-dealkylation sites (tertiary alicyclic amines) is 1. The Morgan fingerprint density at radius 2 is 2.07 bits per heavy atom. The summed E-state index contributed by atoms with van der Waals surface area (Å²) in [6.07, 6.45) is 3.34. The average Bonchev–Trinajstić information content (AvgIpc) is 3.29. The summed E-state index contributed by atoms with van der Waals surface area (Å²) < 4.78 is 30.3. The van der Waals surface area contributed by atoms with E-state index in [1.54, 1.807) is 35.6 Å². The molecule has 2 atom stereocenters. The van der Waals surface area contributed by atoms with Crippen molar-refractivity contribution in [3.63, 3.8) is 0 Å². The Hall–Kier alpha value is -1.97. The Labute approximate surface area is 181 Å². The third-order valence-electron chi connectivity index (χ3n) is 5.65. The predicted octanol–water partition coefficient (Wildman–Crippen LogP) is 2.41. The number of amides is 1. The van der Waals surface area contributed by atoms with Crippen molar-refractivity contribution in [2.24, 2.45) is 0 Å². The molecule has 7 nitrogen and oxygen atoms in total. The van der Waals surface area contributed by atoms with Gasteiger partial charge in [0, 0.05) is 17.0 Å². The van der Waals surface area contributed by atoms with Crippen LogP contribution in [0.2, 0.25) is 0 Å². The smallest absolute Gasteiger partial charge is 0.251 e. The second-order valence-corrected chi connectivity index (χ2v) is 11.2. The number of carbonyl (C=O) groups is 1. The maximum absolute atomic E-state index is 12.9. The molecule has 2 aliphatic heterocycles. The minimum absolute atomic E-state index is 0.000720. The van der Waals surface area contributed by atoms with Crippen molar-refractivity contribution in [1.29, 1.82) is 0 Å². The highest BCUT2D eigenvalue weighted by molar-refractivity contribution is 7.91. The molecular weight excluding hydrogens is 422 g/mol. The zero-order chi connectivity index (χ0) is 21.1. The van der Waals surface area contributed by atoms with Gasteiger partial charge in [-0.3, -0.25) is 9.69 Å². The topological polar surface area (TPSA) is 88.6 Å². The number of nitrogens with one attached hydrogen (secondary N) is 1. The van der Waals surface area contributed by atoms with Crippen LogP contribution in [-0.4, -0.2) is 60.9 Å². The molecule has 2 fully saturated rings. The van der Waals surface area contributed by atoms with Crippen molar-refractivity contribution in [3.8, 4) is 5.75 Å². The summed E-state index contributed by atoms with van der Waals surface area (Å²) in [5, 5.41) is 5.91. The van der Waals surface area contributed by atoms with E-state index in [9.17, 15) is 13.2 Å². The zero-order valence-corrected chi connectivity index (χ0v) is 18.7. The Morgan fingerprint density at radius 3 is 2.80 bits per heavy atom. The third kappa shape index (κ3) is 5.19. The van der Waals surface area contributed by atoms with Gasteiger partial charge in [0.05, 0.1) is 28.2 Å². The molecule has 0 aliphatic carbocycles. The highest BCUT2D eigenvalue weighted by Crippen LogP contribution is 2.23. The van der Waals surface area contributed by atoms with Crippen LogP contribution < -0.4 is 10.1 Å². The third-order valence-corrected chi connectivity index (χ3v) is 8.19. The van der Waals surface area contributed by atoms with Gasteiger partial charge in [-0.25, -0.2) is 13.4 Å². The molecule has 0 spiro atoms. The Bertz CT molecular complexity index is 999. The zero-order valence-electron chi connectivity index (χ0n) is 17.0. The number of sulfone groups is 1. The second-order valence-electron chi connectivity index (χ2n) is 8.00. The number of ether oxygens (including phenoxy) is 1. The molecule has 3 heterocycles. The summed E-state index contributed by atoms with van der Waals surface area (Å²) in [5.74, 6) is 0.432. The number of thiazole rings is 1. The monoisotopic (exact) mass is 449 g/mol. The molecule has 162 valence electrons. The summed E-state index contributed by atoms with van der Waals surface area (Å²) in [6, 6.07) is 6.44. The lowest BCUT2D eigenvalue weighted by Gasteiger charge is -2.35. The standard InChI is InChI=1S/C21H27N3O4S2/c1-15-22-17(12-29-15)11-28-18-7-5-6-16(10-18)21(25)23-19-13-30(26,27)14-20(19)24-8-3-2-4-9-24/h5-7,10,12,19-20H,2-4,8-9,11,13-14H2,1H3,(H,23,25)/t19-,20-/m1/s1. The summed E-state index contributed by atoms with van der Waals surface area (Å²) in [6.45, 7) is 4.07. The number of hydrogen-bond donors (Lipinski definition) is 1. The maximum atomic E-state index is 12.9. The first-order valence-electron chi connectivity index (χ1n) is 10.3. The number of carbonyl (C=O) groups excluding carboxylic acids is 1. The van der Waals surface area contributed by atoms with E-state index in [1.165, 1.54) is 6.42 Å². The molecule has 2 saturated heterocycles. The van der Waals surface area contributed by atoms with Crippen LogP contribution in [-0.2, 0) is 16.4 Å². The van der Waals surface area contributed by atoms with E-state index in [0.717, 1.165) is 36.6 Å². The fourth-order valence-corrected chi connectivity index (χ4v) is 6.74. The summed E-state index contributed by atoms with van der Waals surface area (Å²) >= 11 is 1.57. The van der Waals surface area contributed by atoms with Crippen LogP contribution in [0, 0.1) is 6.92 Å². The number of benzene rings is 1. The molecule has 2 aromatic rings. The molecule has 4 rings (SSSR count). The molecule has 9 heteroatoms.